The van der Waals surface area contributed by atoms with Gasteiger partial charge in [0.1, 0.15) is 5.82 Å². The Kier molecular flexibility index (Phi) is 3.22. The van der Waals surface area contributed by atoms with Crippen LogP contribution in [-0.4, -0.2) is 30.0 Å². The summed E-state index contributed by atoms with van der Waals surface area (Å²) in [6, 6.07) is 2.04. The average molecular weight is 281 g/mol. The van der Waals surface area contributed by atoms with Crippen LogP contribution in [0.2, 0.25) is 5.02 Å². The molecule has 0 radical (unpaired) electrons. The third kappa shape index (κ3) is 2.47. The maximum Gasteiger partial charge on any atom is 0.220 e. The third-order valence-corrected chi connectivity index (χ3v) is 4.24. The SMILES string of the molecule is Nc1cnc(N2CCC3NC(=O)CCC3C2)c(Cl)c1. The second-order valence-electron chi connectivity index (χ2n) is 5.28. The topological polar surface area (TPSA) is 71.2 Å². The fourth-order valence-electron chi connectivity index (χ4n) is 2.98. The Balaban J connectivity index is 1.76. The Morgan fingerprint density at radius 1 is 1.47 bits per heavy atom. The van der Waals surface area contributed by atoms with Crippen molar-refractivity contribution >= 4 is 29.0 Å². The standard InChI is InChI=1S/C13H17ClN4O/c14-10-5-9(15)6-16-13(10)18-4-3-11-8(7-18)1-2-12(19)17-11/h5-6,8,11H,1-4,7,15H2,(H,17,19). The molecular formula is C13H17ClN4O. The lowest BCUT2D eigenvalue weighted by Gasteiger charge is -2.42. The predicted octanol–water partition coefficient (Wildman–Crippen LogP) is 1.42. The van der Waals surface area contributed by atoms with Crippen LogP contribution in [0.25, 0.3) is 0 Å². The number of fused-ring (bicyclic) bond motifs is 1. The van der Waals surface area contributed by atoms with Crippen molar-refractivity contribution in [2.45, 2.75) is 25.3 Å². The van der Waals surface area contributed by atoms with Gasteiger partial charge >= 0.3 is 0 Å². The first-order valence-electron chi connectivity index (χ1n) is 6.59. The second kappa shape index (κ2) is 4.89. The van der Waals surface area contributed by atoms with Crippen molar-refractivity contribution in [3.8, 4) is 0 Å². The molecule has 2 aliphatic rings. The summed E-state index contributed by atoms with van der Waals surface area (Å²) in [5.41, 5.74) is 6.24. The summed E-state index contributed by atoms with van der Waals surface area (Å²) < 4.78 is 0. The number of pyridine rings is 1. The summed E-state index contributed by atoms with van der Waals surface area (Å²) in [4.78, 5) is 17.9. The molecule has 0 bridgehead atoms. The van der Waals surface area contributed by atoms with Crippen LogP contribution < -0.4 is 16.0 Å². The first-order valence-corrected chi connectivity index (χ1v) is 6.96. The van der Waals surface area contributed by atoms with Gasteiger partial charge in [0.25, 0.3) is 0 Å². The molecule has 0 aliphatic carbocycles. The van der Waals surface area contributed by atoms with Gasteiger partial charge in [0.2, 0.25) is 5.91 Å². The van der Waals surface area contributed by atoms with Crippen molar-refractivity contribution in [3.63, 3.8) is 0 Å². The highest BCUT2D eigenvalue weighted by molar-refractivity contribution is 6.33. The van der Waals surface area contributed by atoms with Crippen LogP contribution >= 0.6 is 11.6 Å². The second-order valence-corrected chi connectivity index (χ2v) is 5.69. The highest BCUT2D eigenvalue weighted by Gasteiger charge is 2.34. The number of amides is 1. The maximum absolute atomic E-state index is 11.4. The van der Waals surface area contributed by atoms with Crippen molar-refractivity contribution in [2.75, 3.05) is 23.7 Å². The Labute approximate surface area is 117 Å². The van der Waals surface area contributed by atoms with Crippen molar-refractivity contribution in [1.29, 1.82) is 0 Å². The van der Waals surface area contributed by atoms with Gasteiger partial charge in [-0.2, -0.15) is 0 Å². The molecule has 1 amide bonds. The summed E-state index contributed by atoms with van der Waals surface area (Å²) in [6.07, 6.45) is 4.15. The molecular weight excluding hydrogens is 264 g/mol. The Morgan fingerprint density at radius 2 is 2.32 bits per heavy atom. The molecule has 3 rings (SSSR count). The fourth-order valence-corrected chi connectivity index (χ4v) is 3.28. The van der Waals surface area contributed by atoms with E-state index in [0.29, 0.717) is 29.1 Å². The number of rotatable bonds is 1. The van der Waals surface area contributed by atoms with Gasteiger partial charge in [-0.15, -0.1) is 0 Å². The molecule has 3 heterocycles. The monoisotopic (exact) mass is 280 g/mol. The summed E-state index contributed by atoms with van der Waals surface area (Å²) in [7, 11) is 0. The number of nitrogen functional groups attached to an aromatic ring is 1. The number of nitrogens with two attached hydrogens (primary N) is 1. The number of aromatic nitrogens is 1. The number of piperidine rings is 2. The molecule has 102 valence electrons. The van der Waals surface area contributed by atoms with Crippen LogP contribution in [0.4, 0.5) is 11.5 Å². The van der Waals surface area contributed by atoms with Gasteiger partial charge in [-0.05, 0) is 24.8 Å². The molecule has 1 aromatic rings. The molecule has 2 saturated heterocycles. The van der Waals surface area contributed by atoms with Gasteiger partial charge in [0, 0.05) is 25.6 Å². The van der Waals surface area contributed by atoms with E-state index in [2.05, 4.69) is 15.2 Å². The number of hydrogen-bond acceptors (Lipinski definition) is 4. The Bertz CT molecular complexity index is 507. The lowest BCUT2D eigenvalue weighted by Crippen LogP contribution is -2.54. The first-order chi connectivity index (χ1) is 9.13. The fraction of sp³-hybridized carbons (Fsp3) is 0.538. The van der Waals surface area contributed by atoms with E-state index in [-0.39, 0.29) is 5.91 Å². The van der Waals surface area contributed by atoms with Gasteiger partial charge in [-0.25, -0.2) is 4.98 Å². The maximum atomic E-state index is 11.4. The minimum Gasteiger partial charge on any atom is -0.397 e. The van der Waals surface area contributed by atoms with Crippen molar-refractivity contribution < 1.29 is 4.79 Å². The Hall–Kier alpha value is -1.49. The molecule has 2 fully saturated rings. The van der Waals surface area contributed by atoms with Crippen LogP contribution in [0, 0.1) is 5.92 Å². The zero-order chi connectivity index (χ0) is 13.4. The van der Waals surface area contributed by atoms with E-state index in [0.717, 1.165) is 31.7 Å². The van der Waals surface area contributed by atoms with Gasteiger partial charge < -0.3 is 16.0 Å². The molecule has 19 heavy (non-hydrogen) atoms. The van der Waals surface area contributed by atoms with E-state index >= 15 is 0 Å². The molecule has 3 N–H and O–H groups in total. The summed E-state index contributed by atoms with van der Waals surface area (Å²) in [5.74, 6) is 1.46. The highest BCUT2D eigenvalue weighted by atomic mass is 35.5. The van der Waals surface area contributed by atoms with Crippen molar-refractivity contribution in [2.24, 2.45) is 5.92 Å². The quantitative estimate of drug-likeness (QED) is 0.816. The van der Waals surface area contributed by atoms with E-state index in [9.17, 15) is 4.79 Å². The zero-order valence-electron chi connectivity index (χ0n) is 10.6. The van der Waals surface area contributed by atoms with Crippen LogP contribution in [0.15, 0.2) is 12.3 Å². The molecule has 0 aromatic carbocycles. The highest BCUT2D eigenvalue weighted by Crippen LogP contribution is 2.31. The lowest BCUT2D eigenvalue weighted by atomic mass is 9.85. The van der Waals surface area contributed by atoms with Gasteiger partial charge in [0.05, 0.1) is 16.9 Å². The van der Waals surface area contributed by atoms with E-state index in [1.54, 1.807) is 12.3 Å². The molecule has 2 aliphatic heterocycles. The average Bonchev–Trinajstić information content (AvgIpc) is 2.38. The van der Waals surface area contributed by atoms with Gasteiger partial charge in [0.15, 0.2) is 0 Å². The summed E-state index contributed by atoms with van der Waals surface area (Å²) in [6.45, 7) is 1.75. The molecule has 2 unspecified atom stereocenters. The van der Waals surface area contributed by atoms with Crippen molar-refractivity contribution in [3.05, 3.63) is 17.3 Å². The zero-order valence-corrected chi connectivity index (χ0v) is 11.4. The minimum atomic E-state index is 0.179. The number of hydrogen-bond donors (Lipinski definition) is 2. The van der Waals surface area contributed by atoms with Crippen molar-refractivity contribution in [1.82, 2.24) is 10.3 Å². The van der Waals surface area contributed by atoms with E-state index in [4.69, 9.17) is 17.3 Å². The molecule has 5 nitrogen and oxygen atoms in total. The number of carbonyl (C=O) groups excluding carboxylic acids is 1. The third-order valence-electron chi connectivity index (χ3n) is 3.96. The summed E-state index contributed by atoms with van der Waals surface area (Å²) in [5, 5.41) is 3.67. The van der Waals surface area contributed by atoms with Crippen LogP contribution in [0.5, 0.6) is 0 Å². The largest absolute Gasteiger partial charge is 0.397 e. The molecule has 0 saturated carbocycles. The molecule has 0 spiro atoms. The first kappa shape index (κ1) is 12.5. The number of carbonyl (C=O) groups is 1. The minimum absolute atomic E-state index is 0.179. The van der Waals surface area contributed by atoms with Crippen LogP contribution in [-0.2, 0) is 4.79 Å². The number of anilines is 2. The number of halogens is 1. The van der Waals surface area contributed by atoms with E-state index in [1.165, 1.54) is 0 Å². The van der Waals surface area contributed by atoms with Gasteiger partial charge in [-0.1, -0.05) is 11.6 Å². The van der Waals surface area contributed by atoms with Crippen LogP contribution in [0.1, 0.15) is 19.3 Å². The van der Waals surface area contributed by atoms with Gasteiger partial charge in [-0.3, -0.25) is 4.79 Å². The molecule has 2 atom stereocenters. The molecule has 1 aromatic heterocycles. The molecule has 6 heteroatoms. The van der Waals surface area contributed by atoms with E-state index < -0.39 is 0 Å². The normalized spacial score (nSPS) is 26.8. The number of nitrogens with one attached hydrogen (secondary N) is 1. The Morgan fingerprint density at radius 3 is 3.11 bits per heavy atom. The smallest absolute Gasteiger partial charge is 0.220 e. The number of nitrogens with zero attached hydrogens (tertiary/aromatic N) is 2. The predicted molar refractivity (Wildman–Crippen MR) is 75.1 cm³/mol. The van der Waals surface area contributed by atoms with E-state index in [1.807, 2.05) is 0 Å². The van der Waals surface area contributed by atoms with Crippen LogP contribution in [0.3, 0.4) is 0 Å². The lowest BCUT2D eigenvalue weighted by molar-refractivity contribution is -0.124. The summed E-state index contributed by atoms with van der Waals surface area (Å²) >= 11 is 6.21.